The molecule has 1 aromatic carbocycles. The van der Waals surface area contributed by atoms with Crippen molar-refractivity contribution in [1.29, 1.82) is 0 Å². The summed E-state index contributed by atoms with van der Waals surface area (Å²) in [7, 11) is 0. The molecule has 0 aliphatic carbocycles. The Bertz CT molecular complexity index is 744. The van der Waals surface area contributed by atoms with Crippen LogP contribution in [0.1, 0.15) is 12.0 Å². The third kappa shape index (κ3) is 4.48. The van der Waals surface area contributed by atoms with Gasteiger partial charge in [0.05, 0.1) is 25.3 Å². The van der Waals surface area contributed by atoms with Crippen molar-refractivity contribution in [1.82, 2.24) is 20.2 Å². The van der Waals surface area contributed by atoms with Crippen LogP contribution >= 0.6 is 0 Å². The number of hydrogen-bond acceptors (Lipinski definition) is 6. The van der Waals surface area contributed by atoms with Gasteiger partial charge in [-0.1, -0.05) is 0 Å². The van der Waals surface area contributed by atoms with Crippen LogP contribution in [0.5, 0.6) is 0 Å². The average Bonchev–Trinajstić information content (AvgIpc) is 3.13. The summed E-state index contributed by atoms with van der Waals surface area (Å²) in [6, 6.07) is 3.81. The van der Waals surface area contributed by atoms with Gasteiger partial charge in [-0.3, -0.25) is 4.79 Å². The lowest BCUT2D eigenvalue weighted by Gasteiger charge is -2.31. The van der Waals surface area contributed by atoms with Crippen LogP contribution in [0.4, 0.5) is 24.5 Å². The molecule has 0 atom stereocenters. The number of anilines is 2. The molecule has 2 aromatic rings. The largest absolute Gasteiger partial charge is 0.418 e. The molecule has 1 aliphatic rings. The highest BCUT2D eigenvalue weighted by atomic mass is 19.4. The van der Waals surface area contributed by atoms with Gasteiger partial charge in [-0.2, -0.15) is 13.2 Å². The fourth-order valence-corrected chi connectivity index (χ4v) is 2.64. The third-order valence-electron chi connectivity index (χ3n) is 3.90. The lowest BCUT2D eigenvalue weighted by atomic mass is 10.1. The van der Waals surface area contributed by atoms with Gasteiger partial charge in [-0.15, -0.1) is 5.10 Å². The number of aromatic nitrogens is 4. The number of carbonyl (C=O) groups is 1. The van der Waals surface area contributed by atoms with Crippen molar-refractivity contribution >= 4 is 17.3 Å². The van der Waals surface area contributed by atoms with Crippen molar-refractivity contribution in [2.75, 3.05) is 36.5 Å². The number of ether oxygens (including phenoxy) is 1. The molecule has 8 nitrogen and oxygen atoms in total. The Morgan fingerprint density at radius 2 is 2.04 bits per heavy atom. The predicted octanol–water partition coefficient (Wildman–Crippen LogP) is 1.56. The van der Waals surface area contributed by atoms with Gasteiger partial charge in [0.15, 0.2) is 0 Å². The minimum absolute atomic E-state index is 0.0393. The number of halogens is 3. The fourth-order valence-electron chi connectivity index (χ4n) is 2.64. The first kappa shape index (κ1) is 18.1. The molecule has 1 saturated heterocycles. The Kier molecular flexibility index (Phi) is 5.35. The summed E-state index contributed by atoms with van der Waals surface area (Å²) in [5.74, 6) is -0.423. The van der Waals surface area contributed by atoms with Crippen LogP contribution in [0.25, 0.3) is 0 Å². The van der Waals surface area contributed by atoms with E-state index in [0.29, 0.717) is 26.3 Å². The van der Waals surface area contributed by atoms with Crippen molar-refractivity contribution in [2.24, 2.45) is 0 Å². The van der Waals surface area contributed by atoms with E-state index in [9.17, 15) is 18.0 Å². The van der Waals surface area contributed by atoms with Gasteiger partial charge in [-0.05, 0) is 28.6 Å². The minimum Gasteiger partial charge on any atom is -0.378 e. The zero-order valence-electron chi connectivity index (χ0n) is 13.7. The van der Waals surface area contributed by atoms with Gasteiger partial charge in [-0.25, -0.2) is 4.68 Å². The molecule has 0 radical (unpaired) electrons. The smallest absolute Gasteiger partial charge is 0.378 e. The van der Waals surface area contributed by atoms with Gasteiger partial charge >= 0.3 is 6.18 Å². The highest BCUT2D eigenvalue weighted by Crippen LogP contribution is 2.38. The number of hydrogen-bond donors (Lipinski definition) is 1. The van der Waals surface area contributed by atoms with Crippen molar-refractivity contribution in [3.63, 3.8) is 0 Å². The summed E-state index contributed by atoms with van der Waals surface area (Å²) in [6.07, 6.45) is -3.13. The number of amides is 1. The minimum atomic E-state index is -4.53. The monoisotopic (exact) mass is 370 g/mol. The zero-order valence-corrected chi connectivity index (χ0v) is 13.7. The van der Waals surface area contributed by atoms with Crippen molar-refractivity contribution in [3.8, 4) is 0 Å². The van der Waals surface area contributed by atoms with E-state index in [4.69, 9.17) is 4.74 Å². The van der Waals surface area contributed by atoms with Crippen molar-refractivity contribution in [3.05, 3.63) is 30.1 Å². The average molecular weight is 370 g/mol. The number of rotatable bonds is 5. The van der Waals surface area contributed by atoms with E-state index < -0.39 is 17.6 Å². The standard InChI is InChI=1S/C15H17F3N6O2/c16-15(17,18)12-9-11(1-2-13(12)23-5-7-26-8-6-23)20-14(25)3-4-24-10-19-21-22-24/h1-2,9-10H,3-8H2,(H,20,25). The second-order valence-electron chi connectivity index (χ2n) is 5.70. The highest BCUT2D eigenvalue weighted by molar-refractivity contribution is 5.91. The number of nitrogens with one attached hydrogen (secondary N) is 1. The first-order valence-corrected chi connectivity index (χ1v) is 7.98. The van der Waals surface area contributed by atoms with E-state index in [1.165, 1.54) is 23.1 Å². The molecule has 2 heterocycles. The number of tetrazole rings is 1. The molecule has 0 unspecified atom stereocenters. The van der Waals surface area contributed by atoms with Crippen LogP contribution in [-0.2, 0) is 22.3 Å². The fraction of sp³-hybridized carbons (Fsp3) is 0.467. The number of aryl methyl sites for hydroxylation is 1. The summed E-state index contributed by atoms with van der Waals surface area (Å²) >= 11 is 0. The van der Waals surface area contributed by atoms with Crippen LogP contribution in [0, 0.1) is 0 Å². The highest BCUT2D eigenvalue weighted by Gasteiger charge is 2.35. The number of carbonyl (C=O) groups excluding carboxylic acids is 1. The number of nitrogens with zero attached hydrogens (tertiary/aromatic N) is 5. The zero-order chi connectivity index (χ0) is 18.6. The molecular formula is C15H17F3N6O2. The van der Waals surface area contributed by atoms with E-state index in [0.717, 1.165) is 6.07 Å². The van der Waals surface area contributed by atoms with Gasteiger partial charge in [0, 0.05) is 30.9 Å². The molecule has 1 amide bonds. The first-order chi connectivity index (χ1) is 12.4. The summed E-state index contributed by atoms with van der Waals surface area (Å²) in [5.41, 5.74) is -0.596. The Balaban J connectivity index is 1.72. The molecule has 11 heteroatoms. The number of alkyl halides is 3. The molecule has 1 aromatic heterocycles. The van der Waals surface area contributed by atoms with Crippen LogP contribution in [0.15, 0.2) is 24.5 Å². The molecule has 0 saturated carbocycles. The first-order valence-electron chi connectivity index (χ1n) is 7.98. The van der Waals surface area contributed by atoms with Crippen molar-refractivity contribution in [2.45, 2.75) is 19.1 Å². The van der Waals surface area contributed by atoms with Crippen molar-refractivity contribution < 1.29 is 22.7 Å². The summed E-state index contributed by atoms with van der Waals surface area (Å²) in [4.78, 5) is 13.6. The third-order valence-corrected chi connectivity index (χ3v) is 3.90. The van der Waals surface area contributed by atoms with Crippen LogP contribution in [0.3, 0.4) is 0 Å². The van der Waals surface area contributed by atoms with Gasteiger partial charge in [0.2, 0.25) is 5.91 Å². The van der Waals surface area contributed by atoms with E-state index in [-0.39, 0.29) is 24.3 Å². The molecular weight excluding hydrogens is 353 g/mol. The maximum Gasteiger partial charge on any atom is 0.418 e. The van der Waals surface area contributed by atoms with Crippen LogP contribution in [-0.4, -0.2) is 52.4 Å². The lowest BCUT2D eigenvalue weighted by Crippen LogP contribution is -2.37. The normalized spacial score (nSPS) is 15.1. The summed E-state index contributed by atoms with van der Waals surface area (Å²) in [5, 5.41) is 13.0. The molecule has 0 spiro atoms. The SMILES string of the molecule is O=C(CCn1cnnn1)Nc1ccc(N2CCOCC2)c(C(F)(F)F)c1. The topological polar surface area (TPSA) is 85.2 Å². The Morgan fingerprint density at radius 1 is 1.27 bits per heavy atom. The van der Waals surface area contributed by atoms with E-state index in [2.05, 4.69) is 20.8 Å². The van der Waals surface area contributed by atoms with E-state index in [1.54, 1.807) is 4.90 Å². The summed E-state index contributed by atoms with van der Waals surface area (Å²) < 4.78 is 46.9. The van der Waals surface area contributed by atoms with Gasteiger partial charge in [0.25, 0.3) is 0 Å². The quantitative estimate of drug-likeness (QED) is 0.860. The second kappa shape index (κ2) is 7.68. The Hall–Kier alpha value is -2.69. The second-order valence-corrected chi connectivity index (χ2v) is 5.70. The van der Waals surface area contributed by atoms with Crippen LogP contribution < -0.4 is 10.2 Å². The molecule has 0 bridgehead atoms. The van der Waals surface area contributed by atoms with Crippen LogP contribution in [0.2, 0.25) is 0 Å². The number of benzene rings is 1. The number of morpholine rings is 1. The molecule has 26 heavy (non-hydrogen) atoms. The molecule has 140 valence electrons. The molecule has 1 aliphatic heterocycles. The van der Waals surface area contributed by atoms with E-state index >= 15 is 0 Å². The maximum absolute atomic E-state index is 13.5. The lowest BCUT2D eigenvalue weighted by molar-refractivity contribution is -0.137. The molecule has 1 N–H and O–H groups in total. The molecule has 1 fully saturated rings. The van der Waals surface area contributed by atoms with E-state index in [1.807, 2.05) is 0 Å². The van der Waals surface area contributed by atoms with Gasteiger partial charge in [0.1, 0.15) is 6.33 Å². The maximum atomic E-state index is 13.5. The van der Waals surface area contributed by atoms with Gasteiger partial charge < -0.3 is 15.0 Å². The summed E-state index contributed by atoms with van der Waals surface area (Å²) in [6.45, 7) is 1.78. The Labute approximate surface area is 146 Å². The predicted molar refractivity (Wildman–Crippen MR) is 85.5 cm³/mol. The molecule has 3 rings (SSSR count). The Morgan fingerprint density at radius 3 is 2.69 bits per heavy atom.